The molecule has 0 aliphatic rings. The molecule has 0 aliphatic heterocycles. The lowest BCUT2D eigenvalue weighted by Crippen LogP contribution is -2.38. The minimum atomic E-state index is -0.243. The number of hydrazine groups is 1. The molecule has 0 fully saturated rings. The highest BCUT2D eigenvalue weighted by atomic mass is 79.9. The molecule has 5 heteroatoms. The fraction of sp³-hybridized carbons (Fsp3) is 0.200. The SMILES string of the molecule is NNC(Cc1cccc(Br)c1)Cc1cc(F)cc(Br)c1. The summed E-state index contributed by atoms with van der Waals surface area (Å²) in [6.07, 6.45) is 1.45. The standard InChI is InChI=1S/C15H15Br2FN2/c16-12-3-1-2-10(4-12)7-15(20-19)8-11-5-13(17)9-14(18)6-11/h1-6,9,15,20H,7-8,19H2. The second-order valence-corrected chi connectivity index (χ2v) is 6.51. The predicted octanol–water partition coefficient (Wildman–Crippen LogP) is 3.97. The zero-order valence-electron chi connectivity index (χ0n) is 10.7. The second kappa shape index (κ2) is 7.31. The van der Waals surface area contributed by atoms with Gasteiger partial charge in [0.25, 0.3) is 0 Å². The highest BCUT2D eigenvalue weighted by molar-refractivity contribution is 9.10. The van der Waals surface area contributed by atoms with Crippen molar-refractivity contribution in [2.24, 2.45) is 5.84 Å². The van der Waals surface area contributed by atoms with Crippen LogP contribution in [0.1, 0.15) is 11.1 Å². The lowest BCUT2D eigenvalue weighted by molar-refractivity contribution is 0.520. The maximum atomic E-state index is 13.4. The van der Waals surface area contributed by atoms with Crippen LogP contribution in [0.25, 0.3) is 0 Å². The minimum absolute atomic E-state index is 0.0537. The molecular formula is C15H15Br2FN2. The molecule has 1 atom stereocenters. The van der Waals surface area contributed by atoms with E-state index >= 15 is 0 Å². The van der Waals surface area contributed by atoms with Crippen LogP contribution in [0.2, 0.25) is 0 Å². The molecule has 0 radical (unpaired) electrons. The molecular weight excluding hydrogens is 387 g/mol. The molecule has 1 unspecified atom stereocenters. The van der Waals surface area contributed by atoms with Gasteiger partial charge in [-0.3, -0.25) is 11.3 Å². The van der Waals surface area contributed by atoms with Crippen LogP contribution in [0.15, 0.2) is 51.4 Å². The van der Waals surface area contributed by atoms with Crippen LogP contribution in [-0.4, -0.2) is 6.04 Å². The van der Waals surface area contributed by atoms with Gasteiger partial charge in [-0.2, -0.15) is 0 Å². The first kappa shape index (κ1) is 15.6. The van der Waals surface area contributed by atoms with Crippen molar-refractivity contribution in [3.8, 4) is 0 Å². The fourth-order valence-electron chi connectivity index (χ4n) is 2.15. The van der Waals surface area contributed by atoms with Crippen LogP contribution in [0.5, 0.6) is 0 Å². The summed E-state index contributed by atoms with van der Waals surface area (Å²) >= 11 is 6.76. The van der Waals surface area contributed by atoms with Gasteiger partial charge in [0.05, 0.1) is 0 Å². The first-order chi connectivity index (χ1) is 9.56. The van der Waals surface area contributed by atoms with Crippen LogP contribution in [0.3, 0.4) is 0 Å². The molecule has 20 heavy (non-hydrogen) atoms. The zero-order chi connectivity index (χ0) is 14.5. The number of nitrogens with one attached hydrogen (secondary N) is 1. The topological polar surface area (TPSA) is 38.0 Å². The maximum Gasteiger partial charge on any atom is 0.124 e. The molecule has 0 spiro atoms. The quantitative estimate of drug-likeness (QED) is 0.587. The summed E-state index contributed by atoms with van der Waals surface area (Å²) < 4.78 is 15.2. The summed E-state index contributed by atoms with van der Waals surface area (Å²) in [5.74, 6) is 5.37. The van der Waals surface area contributed by atoms with E-state index in [0.29, 0.717) is 6.42 Å². The molecule has 0 amide bonds. The van der Waals surface area contributed by atoms with Crippen molar-refractivity contribution in [2.45, 2.75) is 18.9 Å². The molecule has 2 rings (SSSR count). The number of hydrogen-bond donors (Lipinski definition) is 2. The summed E-state index contributed by atoms with van der Waals surface area (Å²) in [6.45, 7) is 0. The van der Waals surface area contributed by atoms with Gasteiger partial charge >= 0.3 is 0 Å². The van der Waals surface area contributed by atoms with Crippen molar-refractivity contribution in [3.05, 3.63) is 68.4 Å². The van der Waals surface area contributed by atoms with Gasteiger partial charge < -0.3 is 0 Å². The Kier molecular flexibility index (Phi) is 5.72. The Balaban J connectivity index is 2.09. The molecule has 0 saturated carbocycles. The van der Waals surface area contributed by atoms with Crippen LogP contribution in [0.4, 0.5) is 4.39 Å². The Morgan fingerprint density at radius 1 is 1.00 bits per heavy atom. The normalized spacial score (nSPS) is 12.4. The monoisotopic (exact) mass is 400 g/mol. The summed E-state index contributed by atoms with van der Waals surface area (Å²) in [5.41, 5.74) is 4.89. The Morgan fingerprint density at radius 3 is 2.35 bits per heavy atom. The van der Waals surface area contributed by atoms with E-state index in [0.717, 1.165) is 20.9 Å². The number of nitrogens with two attached hydrogens (primary N) is 1. The van der Waals surface area contributed by atoms with Crippen molar-refractivity contribution in [3.63, 3.8) is 0 Å². The molecule has 2 nitrogen and oxygen atoms in total. The van der Waals surface area contributed by atoms with Crippen LogP contribution < -0.4 is 11.3 Å². The summed E-state index contributed by atoms with van der Waals surface area (Å²) in [4.78, 5) is 0. The van der Waals surface area contributed by atoms with Crippen molar-refractivity contribution in [1.29, 1.82) is 0 Å². The van der Waals surface area contributed by atoms with Gasteiger partial charge in [-0.05, 0) is 54.3 Å². The number of benzene rings is 2. The van der Waals surface area contributed by atoms with Crippen molar-refractivity contribution in [1.82, 2.24) is 5.43 Å². The highest BCUT2D eigenvalue weighted by Crippen LogP contribution is 2.18. The maximum absolute atomic E-state index is 13.4. The van der Waals surface area contributed by atoms with E-state index in [1.54, 1.807) is 0 Å². The summed E-state index contributed by atoms with van der Waals surface area (Å²) in [6, 6.07) is 13.0. The molecule has 0 aromatic heterocycles. The molecule has 106 valence electrons. The van der Waals surface area contributed by atoms with E-state index < -0.39 is 0 Å². The summed E-state index contributed by atoms with van der Waals surface area (Å²) in [5, 5.41) is 0. The average Bonchev–Trinajstić information content (AvgIpc) is 2.36. The molecule has 3 N–H and O–H groups in total. The van der Waals surface area contributed by atoms with E-state index in [4.69, 9.17) is 5.84 Å². The zero-order valence-corrected chi connectivity index (χ0v) is 13.9. The Bertz CT molecular complexity index is 570. The first-order valence-electron chi connectivity index (χ1n) is 6.22. The van der Waals surface area contributed by atoms with Gasteiger partial charge in [-0.25, -0.2) is 4.39 Å². The van der Waals surface area contributed by atoms with Gasteiger partial charge in [0.2, 0.25) is 0 Å². The van der Waals surface area contributed by atoms with Crippen molar-refractivity contribution in [2.75, 3.05) is 0 Å². The van der Waals surface area contributed by atoms with E-state index in [1.165, 1.54) is 17.7 Å². The summed E-state index contributed by atoms with van der Waals surface area (Å²) in [7, 11) is 0. The lowest BCUT2D eigenvalue weighted by atomic mass is 9.99. The average molecular weight is 402 g/mol. The van der Waals surface area contributed by atoms with Gasteiger partial charge in [-0.1, -0.05) is 44.0 Å². The van der Waals surface area contributed by atoms with Crippen LogP contribution >= 0.6 is 31.9 Å². The Hall–Kier alpha value is -0.750. The van der Waals surface area contributed by atoms with E-state index in [1.807, 2.05) is 18.2 Å². The fourth-order valence-corrected chi connectivity index (χ4v) is 3.11. The lowest BCUT2D eigenvalue weighted by Gasteiger charge is -2.16. The van der Waals surface area contributed by atoms with E-state index in [2.05, 4.69) is 49.4 Å². The molecule has 2 aromatic rings. The van der Waals surface area contributed by atoms with Gasteiger partial charge in [-0.15, -0.1) is 0 Å². The predicted molar refractivity (Wildman–Crippen MR) is 86.8 cm³/mol. The van der Waals surface area contributed by atoms with Gasteiger partial charge in [0.15, 0.2) is 0 Å². The molecule has 0 aliphatic carbocycles. The van der Waals surface area contributed by atoms with Crippen LogP contribution in [-0.2, 0) is 12.8 Å². The van der Waals surface area contributed by atoms with E-state index in [9.17, 15) is 4.39 Å². The number of hydrogen-bond acceptors (Lipinski definition) is 2. The second-order valence-electron chi connectivity index (χ2n) is 4.68. The van der Waals surface area contributed by atoms with Gasteiger partial charge in [0.1, 0.15) is 5.82 Å². The third-order valence-electron chi connectivity index (χ3n) is 3.01. The Morgan fingerprint density at radius 2 is 1.70 bits per heavy atom. The number of halogens is 3. The first-order valence-corrected chi connectivity index (χ1v) is 7.81. The third kappa shape index (κ3) is 4.66. The van der Waals surface area contributed by atoms with Crippen molar-refractivity contribution >= 4 is 31.9 Å². The molecule has 0 bridgehead atoms. The van der Waals surface area contributed by atoms with Crippen molar-refractivity contribution < 1.29 is 4.39 Å². The van der Waals surface area contributed by atoms with Gasteiger partial charge in [0, 0.05) is 15.0 Å². The van der Waals surface area contributed by atoms with E-state index in [-0.39, 0.29) is 11.9 Å². The minimum Gasteiger partial charge on any atom is -0.271 e. The Labute approximate surface area is 134 Å². The number of rotatable bonds is 5. The third-order valence-corrected chi connectivity index (χ3v) is 3.96. The highest BCUT2D eigenvalue weighted by Gasteiger charge is 2.10. The molecule has 0 heterocycles. The smallest absolute Gasteiger partial charge is 0.124 e. The molecule has 0 saturated heterocycles. The molecule has 2 aromatic carbocycles. The largest absolute Gasteiger partial charge is 0.271 e. The van der Waals surface area contributed by atoms with Crippen LogP contribution in [0, 0.1) is 5.82 Å².